The summed E-state index contributed by atoms with van der Waals surface area (Å²) in [5, 5.41) is 40.3. The van der Waals surface area contributed by atoms with Crippen LogP contribution in [0.15, 0.2) is 36.4 Å². The minimum Gasteiger partial charge on any atom is -0.508 e. The average molecular weight is 356 g/mol. The van der Waals surface area contributed by atoms with Crippen LogP contribution in [0.4, 0.5) is 11.4 Å². The quantitative estimate of drug-likeness (QED) is 0.301. The number of benzene rings is 2. The average Bonchev–Trinajstić information content (AvgIpc) is 2.44. The van der Waals surface area contributed by atoms with Gasteiger partial charge in [-0.05, 0) is 36.8 Å². The van der Waals surface area contributed by atoms with Crippen LogP contribution in [0, 0.1) is 6.92 Å². The molecule has 2 aromatic carbocycles. The summed E-state index contributed by atoms with van der Waals surface area (Å²) in [6.45, 7) is 1.20. The van der Waals surface area contributed by atoms with Gasteiger partial charge in [0.05, 0.1) is 5.56 Å². The molecule has 142 valence electrons. The molecule has 8 nitrogen and oxygen atoms in total. The third-order valence-electron chi connectivity index (χ3n) is 2.45. The van der Waals surface area contributed by atoms with Crippen LogP contribution in [0.1, 0.15) is 30.8 Å². The van der Waals surface area contributed by atoms with Gasteiger partial charge in [-0.15, -0.1) is 0 Å². The molecule has 0 unspecified atom stereocenters. The first-order valence-corrected chi connectivity index (χ1v) is 6.30. The van der Waals surface area contributed by atoms with E-state index >= 15 is 0 Å². The largest absolute Gasteiger partial charge is 0.508 e. The van der Waals surface area contributed by atoms with Crippen molar-refractivity contribution >= 4 is 17.3 Å². The topological polar surface area (TPSA) is 170 Å². The number of nitrogen functional groups attached to an aromatic ring is 2. The molecule has 25 heavy (non-hydrogen) atoms. The third kappa shape index (κ3) is 11.2. The highest BCUT2D eigenvalue weighted by molar-refractivity contribution is 5.88. The molecule has 9 N–H and O–H groups in total. The monoisotopic (exact) mass is 356 g/mol. The lowest BCUT2D eigenvalue weighted by molar-refractivity contribution is 0.0695. The summed E-state index contributed by atoms with van der Waals surface area (Å²) < 4.78 is 0. The van der Waals surface area contributed by atoms with Crippen LogP contribution in [0.5, 0.6) is 11.5 Å². The van der Waals surface area contributed by atoms with Gasteiger partial charge >= 0.3 is 5.97 Å². The fraction of sp³-hybridized carbons (Fsp3) is 0.235. The molecular formula is C17H28N2O6. The normalized spacial score (nSPS) is 8.28. The summed E-state index contributed by atoms with van der Waals surface area (Å²) in [5.74, 6) is -1.71. The first-order valence-electron chi connectivity index (χ1n) is 6.30. The van der Waals surface area contributed by atoms with Gasteiger partial charge in [0.2, 0.25) is 0 Å². The van der Waals surface area contributed by atoms with E-state index in [1.54, 1.807) is 6.07 Å². The van der Waals surface area contributed by atoms with E-state index in [0.717, 1.165) is 35.1 Å². The van der Waals surface area contributed by atoms with Crippen LogP contribution in [0.25, 0.3) is 0 Å². The zero-order chi connectivity index (χ0) is 18.0. The Morgan fingerprint density at radius 1 is 0.960 bits per heavy atom. The van der Waals surface area contributed by atoms with Gasteiger partial charge in [0.15, 0.2) is 0 Å². The summed E-state index contributed by atoms with van der Waals surface area (Å²) in [5.41, 5.74) is 13.4. The lowest BCUT2D eigenvalue weighted by Gasteiger charge is -1.98. The second kappa shape index (κ2) is 13.5. The molecule has 0 aromatic heterocycles. The molecule has 8 heteroatoms. The number of carboxylic acid groups (broad SMARTS) is 1. The molecule has 0 amide bonds. The molecule has 0 bridgehead atoms. The number of nitrogens with two attached hydrogens (primary N) is 2. The van der Waals surface area contributed by atoms with Gasteiger partial charge in [-0.3, -0.25) is 0 Å². The smallest absolute Gasteiger partial charge is 0.335 e. The van der Waals surface area contributed by atoms with Gasteiger partial charge in [0, 0.05) is 17.4 Å². The van der Waals surface area contributed by atoms with Crippen molar-refractivity contribution in [3.05, 3.63) is 47.5 Å². The van der Waals surface area contributed by atoms with Crippen LogP contribution in [-0.2, 0) is 0 Å². The summed E-state index contributed by atoms with van der Waals surface area (Å²) in [6, 6.07) is 8.68. The van der Waals surface area contributed by atoms with Crippen LogP contribution < -0.4 is 11.5 Å². The van der Waals surface area contributed by atoms with Crippen LogP contribution in [-0.4, -0.2) is 38.3 Å². The van der Waals surface area contributed by atoms with Gasteiger partial charge in [0.25, 0.3) is 0 Å². The number of carboxylic acids is 1. The number of aromatic hydroxyl groups is 2. The first kappa shape index (κ1) is 26.9. The van der Waals surface area contributed by atoms with E-state index in [4.69, 9.17) is 37.0 Å². The second-order valence-corrected chi connectivity index (χ2v) is 4.30. The van der Waals surface area contributed by atoms with Gasteiger partial charge in [-0.1, -0.05) is 20.9 Å². The fourth-order valence-corrected chi connectivity index (χ4v) is 1.38. The Bertz CT molecular complexity index is 627. The maximum atomic E-state index is 10.3. The van der Waals surface area contributed by atoms with Crippen molar-refractivity contribution in [3.63, 3.8) is 0 Å². The molecule has 0 heterocycles. The van der Waals surface area contributed by atoms with Crippen LogP contribution >= 0.6 is 0 Å². The van der Waals surface area contributed by atoms with E-state index in [2.05, 4.69) is 0 Å². The first-order chi connectivity index (χ1) is 10.7. The molecule has 0 spiro atoms. The number of aryl methyl sites for hydroxylation is 1. The van der Waals surface area contributed by atoms with Crippen molar-refractivity contribution in [2.24, 2.45) is 0 Å². The highest BCUT2D eigenvalue weighted by atomic mass is 16.5. The Kier molecular flexibility index (Phi) is 14.5. The predicted molar refractivity (Wildman–Crippen MR) is 99.5 cm³/mol. The summed E-state index contributed by atoms with van der Waals surface area (Å²) >= 11 is 0. The minimum atomic E-state index is -1.18. The molecule has 0 aliphatic rings. The molecule has 0 fully saturated rings. The number of anilines is 2. The Morgan fingerprint density at radius 2 is 1.40 bits per heavy atom. The number of aliphatic hydroxyl groups excluding tert-OH is 1. The minimum absolute atomic E-state index is 0. The summed E-state index contributed by atoms with van der Waals surface area (Å²) in [7, 11) is 0. The molecule has 2 rings (SSSR count). The van der Waals surface area contributed by atoms with Gasteiger partial charge < -0.3 is 37.0 Å². The Morgan fingerprint density at radius 3 is 1.72 bits per heavy atom. The Balaban J connectivity index is -0.000000317. The van der Waals surface area contributed by atoms with E-state index < -0.39 is 12.8 Å². The number of carbonyl (C=O) groups is 1. The van der Waals surface area contributed by atoms with Crippen molar-refractivity contribution in [1.82, 2.24) is 0 Å². The molecular weight excluding hydrogens is 328 g/mol. The van der Waals surface area contributed by atoms with Crippen molar-refractivity contribution in [3.8, 4) is 11.5 Å². The molecule has 2 aromatic rings. The maximum absolute atomic E-state index is 10.3. The van der Waals surface area contributed by atoms with Crippen molar-refractivity contribution in [2.45, 2.75) is 21.8 Å². The predicted octanol–water partition coefficient (Wildman–Crippen LogP) is 2.16. The third-order valence-corrected chi connectivity index (χ3v) is 2.45. The molecule has 0 atom stereocenters. The number of rotatable bonds is 1. The van der Waals surface area contributed by atoms with E-state index in [-0.39, 0.29) is 31.9 Å². The number of phenolic OH excluding ortho intramolecular Hbond substituents is 2. The number of hydrogen-bond acceptors (Lipinski definition) is 7. The molecule has 0 saturated carbocycles. The highest BCUT2D eigenvalue weighted by Crippen LogP contribution is 2.19. The van der Waals surface area contributed by atoms with E-state index in [1.165, 1.54) is 0 Å². The SMILES string of the molecule is C.C.Cc1ccc(N)cc1N.O=C(O)c1cc(O)cc(O)c1.OCO. The maximum Gasteiger partial charge on any atom is 0.335 e. The highest BCUT2D eigenvalue weighted by Gasteiger charge is 2.04. The molecule has 0 saturated heterocycles. The Hall–Kier alpha value is -2.97. The van der Waals surface area contributed by atoms with E-state index in [9.17, 15) is 4.79 Å². The lowest BCUT2D eigenvalue weighted by Crippen LogP contribution is -1.94. The van der Waals surface area contributed by atoms with Gasteiger partial charge in [-0.25, -0.2) is 4.79 Å². The van der Waals surface area contributed by atoms with Crippen molar-refractivity contribution in [2.75, 3.05) is 18.3 Å². The number of phenols is 2. The zero-order valence-electron chi connectivity index (χ0n) is 12.5. The van der Waals surface area contributed by atoms with Crippen LogP contribution in [0.2, 0.25) is 0 Å². The fourth-order valence-electron chi connectivity index (χ4n) is 1.38. The molecule has 0 radical (unpaired) electrons. The lowest BCUT2D eigenvalue weighted by atomic mass is 10.2. The van der Waals surface area contributed by atoms with Crippen molar-refractivity contribution < 1.29 is 30.3 Å². The number of aromatic carboxylic acids is 1. The van der Waals surface area contributed by atoms with E-state index in [0.29, 0.717) is 0 Å². The standard InChI is InChI=1S/C7H10N2.C7H6O4.CH4O2.2CH4/c1-5-2-3-6(8)4-7(5)9;8-5-1-4(7(10)11)2-6(9)3-5;2-1-3;;/h2-4H,8-9H2,1H3;1-3,8-9H,(H,10,11);2-3H,1H2;2*1H4. The summed E-state index contributed by atoms with van der Waals surface area (Å²) in [4.78, 5) is 10.3. The summed E-state index contributed by atoms with van der Waals surface area (Å²) in [6.07, 6.45) is 0. The second-order valence-electron chi connectivity index (χ2n) is 4.30. The van der Waals surface area contributed by atoms with Gasteiger partial charge in [-0.2, -0.15) is 0 Å². The van der Waals surface area contributed by atoms with Crippen molar-refractivity contribution in [1.29, 1.82) is 0 Å². The van der Waals surface area contributed by atoms with E-state index in [1.807, 2.05) is 19.1 Å². The molecule has 0 aliphatic carbocycles. The zero-order valence-corrected chi connectivity index (χ0v) is 12.5. The Labute approximate surface area is 147 Å². The number of hydrogen-bond donors (Lipinski definition) is 7. The number of aliphatic hydroxyl groups is 2. The van der Waals surface area contributed by atoms with Gasteiger partial charge in [0.1, 0.15) is 18.3 Å². The molecule has 0 aliphatic heterocycles. The van der Waals surface area contributed by atoms with Crippen LogP contribution in [0.3, 0.4) is 0 Å².